The standard InChI is InChI=1S/C22H26N4OS/c1-15-18(21(23)27)12-20(26(15)13-16-8-4-2-5-9-16)19-14-28-22(25-19)24-17-10-6-3-7-11-17/h3,6-7,10-12,14,16H,2,4-5,8-9,13H2,1H3,(H2,23,27)(H,24,25). The summed E-state index contributed by atoms with van der Waals surface area (Å²) in [7, 11) is 0. The highest BCUT2D eigenvalue weighted by Crippen LogP contribution is 2.33. The number of rotatable bonds is 6. The highest BCUT2D eigenvalue weighted by Gasteiger charge is 2.22. The van der Waals surface area contributed by atoms with E-state index in [2.05, 4.69) is 9.88 Å². The van der Waals surface area contributed by atoms with Crippen LogP contribution in [0.25, 0.3) is 11.4 Å². The minimum Gasteiger partial charge on any atom is -0.366 e. The van der Waals surface area contributed by atoms with Crippen molar-refractivity contribution in [1.82, 2.24) is 9.55 Å². The first-order chi connectivity index (χ1) is 13.6. The van der Waals surface area contributed by atoms with Crippen LogP contribution >= 0.6 is 11.3 Å². The quantitative estimate of drug-likeness (QED) is 0.592. The van der Waals surface area contributed by atoms with Crippen molar-refractivity contribution in [2.45, 2.75) is 45.6 Å². The van der Waals surface area contributed by atoms with Crippen molar-refractivity contribution in [3.05, 3.63) is 53.0 Å². The van der Waals surface area contributed by atoms with Crippen molar-refractivity contribution in [1.29, 1.82) is 0 Å². The van der Waals surface area contributed by atoms with Gasteiger partial charge in [-0.25, -0.2) is 4.98 Å². The SMILES string of the molecule is Cc1c(C(N)=O)cc(-c2csc(Nc3ccccc3)n2)n1CC1CCCCC1. The molecule has 1 saturated carbocycles. The van der Waals surface area contributed by atoms with Crippen LogP contribution in [0.2, 0.25) is 0 Å². The lowest BCUT2D eigenvalue weighted by atomic mass is 9.89. The number of carbonyl (C=O) groups is 1. The molecule has 3 aromatic rings. The predicted octanol–water partition coefficient (Wildman–Crippen LogP) is 5.34. The first kappa shape index (κ1) is 18.7. The van der Waals surface area contributed by atoms with Crippen LogP contribution in [0.15, 0.2) is 41.8 Å². The van der Waals surface area contributed by atoms with Gasteiger partial charge in [-0.05, 0) is 43.9 Å². The third-order valence-corrected chi connectivity index (χ3v) is 6.35. The Hall–Kier alpha value is -2.60. The second kappa shape index (κ2) is 8.19. The van der Waals surface area contributed by atoms with Crippen molar-refractivity contribution in [2.24, 2.45) is 11.7 Å². The van der Waals surface area contributed by atoms with Crippen LogP contribution in [-0.4, -0.2) is 15.5 Å². The van der Waals surface area contributed by atoms with Gasteiger partial charge in [-0.15, -0.1) is 11.3 Å². The van der Waals surface area contributed by atoms with Gasteiger partial charge in [0.1, 0.15) is 0 Å². The third kappa shape index (κ3) is 3.97. The van der Waals surface area contributed by atoms with Gasteiger partial charge in [-0.3, -0.25) is 4.79 Å². The summed E-state index contributed by atoms with van der Waals surface area (Å²) in [4.78, 5) is 16.7. The Morgan fingerprint density at radius 1 is 1.25 bits per heavy atom. The Balaban J connectivity index is 1.64. The lowest BCUT2D eigenvalue weighted by molar-refractivity contribution is 0.0999. The Kier molecular flexibility index (Phi) is 5.48. The summed E-state index contributed by atoms with van der Waals surface area (Å²) >= 11 is 1.57. The molecular formula is C22H26N4OS. The molecule has 1 amide bonds. The zero-order valence-corrected chi connectivity index (χ0v) is 17.0. The Bertz CT molecular complexity index is 954. The van der Waals surface area contributed by atoms with E-state index < -0.39 is 0 Å². The van der Waals surface area contributed by atoms with E-state index in [9.17, 15) is 4.79 Å². The van der Waals surface area contributed by atoms with Gasteiger partial charge in [-0.1, -0.05) is 37.5 Å². The molecule has 1 aliphatic carbocycles. The van der Waals surface area contributed by atoms with Crippen LogP contribution in [0.5, 0.6) is 0 Å². The Labute approximate surface area is 169 Å². The van der Waals surface area contributed by atoms with E-state index in [1.54, 1.807) is 11.3 Å². The highest BCUT2D eigenvalue weighted by atomic mass is 32.1. The fourth-order valence-corrected chi connectivity index (χ4v) is 4.79. The van der Waals surface area contributed by atoms with E-state index in [1.807, 2.05) is 48.7 Å². The van der Waals surface area contributed by atoms with Gasteiger partial charge in [0.05, 0.1) is 17.0 Å². The smallest absolute Gasteiger partial charge is 0.250 e. The molecule has 1 aliphatic rings. The first-order valence-electron chi connectivity index (χ1n) is 9.89. The monoisotopic (exact) mass is 394 g/mol. The summed E-state index contributed by atoms with van der Waals surface area (Å²) < 4.78 is 2.25. The van der Waals surface area contributed by atoms with E-state index in [-0.39, 0.29) is 5.91 Å². The first-order valence-corrected chi connectivity index (χ1v) is 10.8. The molecule has 0 radical (unpaired) electrons. The maximum atomic E-state index is 11.9. The van der Waals surface area contributed by atoms with Gasteiger partial charge in [0.25, 0.3) is 5.91 Å². The molecule has 0 spiro atoms. The van der Waals surface area contributed by atoms with Crippen molar-refractivity contribution in [3.8, 4) is 11.4 Å². The van der Waals surface area contributed by atoms with Crippen molar-refractivity contribution in [2.75, 3.05) is 5.32 Å². The van der Waals surface area contributed by atoms with Gasteiger partial charge >= 0.3 is 0 Å². The average molecular weight is 395 g/mol. The normalized spacial score (nSPS) is 14.9. The number of nitrogens with zero attached hydrogens (tertiary/aromatic N) is 2. The third-order valence-electron chi connectivity index (χ3n) is 5.59. The molecule has 2 heterocycles. The van der Waals surface area contributed by atoms with Crippen LogP contribution in [-0.2, 0) is 6.54 Å². The number of para-hydroxylation sites is 1. The van der Waals surface area contributed by atoms with Gasteiger partial charge in [0.15, 0.2) is 5.13 Å². The number of aromatic nitrogens is 2. The molecule has 5 nitrogen and oxygen atoms in total. The molecule has 6 heteroatoms. The van der Waals surface area contributed by atoms with Gasteiger partial charge < -0.3 is 15.6 Å². The summed E-state index contributed by atoms with van der Waals surface area (Å²) in [6, 6.07) is 11.9. The van der Waals surface area contributed by atoms with E-state index in [0.717, 1.165) is 34.4 Å². The lowest BCUT2D eigenvalue weighted by Crippen LogP contribution is -2.17. The maximum absolute atomic E-state index is 11.9. The van der Waals surface area contributed by atoms with Crippen LogP contribution < -0.4 is 11.1 Å². The number of hydrogen-bond donors (Lipinski definition) is 2. The molecule has 0 aliphatic heterocycles. The zero-order valence-electron chi connectivity index (χ0n) is 16.1. The minimum atomic E-state index is -0.376. The van der Waals surface area contributed by atoms with Crippen LogP contribution in [0.4, 0.5) is 10.8 Å². The molecule has 4 rings (SSSR count). The molecule has 1 fully saturated rings. The molecule has 1 aromatic carbocycles. The Morgan fingerprint density at radius 3 is 2.71 bits per heavy atom. The number of benzene rings is 1. The van der Waals surface area contributed by atoms with E-state index in [0.29, 0.717) is 11.5 Å². The molecule has 3 N–H and O–H groups in total. The number of anilines is 2. The second-order valence-corrected chi connectivity index (χ2v) is 8.39. The van der Waals surface area contributed by atoms with Gasteiger partial charge in [0.2, 0.25) is 0 Å². The van der Waals surface area contributed by atoms with Crippen LogP contribution in [0, 0.1) is 12.8 Å². The van der Waals surface area contributed by atoms with Crippen LogP contribution in [0.3, 0.4) is 0 Å². The molecule has 0 atom stereocenters. The summed E-state index contributed by atoms with van der Waals surface area (Å²) in [5.74, 6) is 0.277. The highest BCUT2D eigenvalue weighted by molar-refractivity contribution is 7.14. The second-order valence-electron chi connectivity index (χ2n) is 7.54. The molecule has 28 heavy (non-hydrogen) atoms. The van der Waals surface area contributed by atoms with Crippen molar-refractivity contribution < 1.29 is 4.79 Å². The fraction of sp³-hybridized carbons (Fsp3) is 0.364. The summed E-state index contributed by atoms with van der Waals surface area (Å²) in [5, 5.41) is 6.23. The van der Waals surface area contributed by atoms with Crippen molar-refractivity contribution >= 4 is 28.1 Å². The number of amides is 1. The summed E-state index contributed by atoms with van der Waals surface area (Å²) in [5.41, 5.74) is 10.0. The molecule has 0 saturated heterocycles. The minimum absolute atomic E-state index is 0.376. The largest absolute Gasteiger partial charge is 0.366 e. The average Bonchev–Trinajstić information content (AvgIpc) is 3.28. The zero-order chi connectivity index (χ0) is 19.5. The maximum Gasteiger partial charge on any atom is 0.250 e. The van der Waals surface area contributed by atoms with E-state index in [4.69, 9.17) is 10.7 Å². The number of nitrogens with one attached hydrogen (secondary N) is 1. The number of primary amides is 1. The predicted molar refractivity (Wildman–Crippen MR) is 115 cm³/mol. The lowest BCUT2D eigenvalue weighted by Gasteiger charge is -2.24. The summed E-state index contributed by atoms with van der Waals surface area (Å²) in [6.07, 6.45) is 6.43. The molecule has 0 unspecified atom stereocenters. The molecule has 146 valence electrons. The molecular weight excluding hydrogens is 368 g/mol. The summed E-state index contributed by atoms with van der Waals surface area (Å²) in [6.45, 7) is 2.91. The number of hydrogen-bond acceptors (Lipinski definition) is 4. The van der Waals surface area contributed by atoms with Gasteiger partial charge in [0, 0.05) is 23.3 Å². The number of nitrogens with two attached hydrogens (primary N) is 1. The number of carbonyl (C=O) groups excluding carboxylic acids is 1. The molecule has 0 bridgehead atoms. The van der Waals surface area contributed by atoms with E-state index in [1.165, 1.54) is 32.1 Å². The van der Waals surface area contributed by atoms with Crippen LogP contribution in [0.1, 0.15) is 48.2 Å². The Morgan fingerprint density at radius 2 is 2.00 bits per heavy atom. The number of thiazole rings is 1. The fourth-order valence-electron chi connectivity index (χ4n) is 4.06. The molecule has 2 aromatic heterocycles. The van der Waals surface area contributed by atoms with Gasteiger partial charge in [-0.2, -0.15) is 0 Å². The van der Waals surface area contributed by atoms with Crippen molar-refractivity contribution in [3.63, 3.8) is 0 Å². The topological polar surface area (TPSA) is 72.9 Å². The van der Waals surface area contributed by atoms with E-state index >= 15 is 0 Å².